The monoisotopic (exact) mass is 304 g/mol. The second-order valence-corrected chi connectivity index (χ2v) is 3.78. The largest absolute Gasteiger partial charge is 0.481 e. The van der Waals surface area contributed by atoms with Crippen molar-refractivity contribution in [2.75, 3.05) is 0 Å². The van der Waals surface area contributed by atoms with Gasteiger partial charge in [0.05, 0.1) is 12.2 Å². The Morgan fingerprint density at radius 1 is 1.15 bits per heavy atom. The maximum absolute atomic E-state index is 12.6. The van der Waals surface area contributed by atoms with Crippen LogP contribution < -0.4 is 4.74 Å². The van der Waals surface area contributed by atoms with Crippen molar-refractivity contribution in [3.63, 3.8) is 0 Å². The van der Waals surface area contributed by atoms with Gasteiger partial charge in [-0.05, 0) is 24.6 Å². The first-order valence-corrected chi connectivity index (χ1v) is 5.10. The predicted octanol–water partition coefficient (Wildman–Crippen LogP) is 4.16. The summed E-state index contributed by atoms with van der Waals surface area (Å²) in [5.41, 5.74) is -1.65. The Morgan fingerprint density at radius 3 is 2.10 bits per heavy atom. The van der Waals surface area contributed by atoms with Crippen molar-refractivity contribution in [1.29, 1.82) is 0 Å². The number of rotatable bonds is 3. The van der Waals surface area contributed by atoms with Crippen molar-refractivity contribution in [2.24, 2.45) is 0 Å². The molecule has 0 aliphatic heterocycles. The van der Waals surface area contributed by atoms with Crippen LogP contribution >= 0.6 is 0 Å². The fourth-order valence-electron chi connectivity index (χ4n) is 1.30. The number of hydrogen-bond acceptors (Lipinski definition) is 2. The fraction of sp³-hybridized carbons (Fsp3) is 0.500. The third-order valence-corrected chi connectivity index (χ3v) is 2.33. The smallest absolute Gasteiger partial charge is 0.425 e. The first-order valence-electron chi connectivity index (χ1n) is 5.10. The van der Waals surface area contributed by atoms with Gasteiger partial charge in [-0.25, -0.2) is 0 Å². The van der Waals surface area contributed by atoms with Crippen LogP contribution in [0.15, 0.2) is 18.2 Å². The molecule has 0 spiro atoms. The molecule has 1 atom stereocenters. The lowest BCUT2D eigenvalue weighted by Crippen LogP contribution is -2.31. The third-order valence-electron chi connectivity index (χ3n) is 2.33. The van der Waals surface area contributed by atoms with Gasteiger partial charge in [0.25, 0.3) is 0 Å². The molecule has 116 valence electrons. The molecule has 1 aromatic rings. The van der Waals surface area contributed by atoms with Gasteiger partial charge >= 0.3 is 12.4 Å². The van der Waals surface area contributed by atoms with Crippen molar-refractivity contribution >= 4 is 0 Å². The minimum absolute atomic E-state index is 0. The van der Waals surface area contributed by atoms with Gasteiger partial charge in [-0.15, -0.1) is 0 Å². The highest BCUT2D eigenvalue weighted by molar-refractivity contribution is 5.37. The first-order chi connectivity index (χ1) is 8.55. The first kappa shape index (κ1) is 18.6. The van der Waals surface area contributed by atoms with Gasteiger partial charge in [-0.2, -0.15) is 26.3 Å². The van der Waals surface area contributed by atoms with Crippen LogP contribution in [0.1, 0.15) is 25.5 Å². The van der Waals surface area contributed by atoms with Gasteiger partial charge < -0.3 is 9.84 Å². The van der Waals surface area contributed by atoms with Crippen molar-refractivity contribution in [2.45, 2.75) is 39.4 Å². The van der Waals surface area contributed by atoms with E-state index in [1.165, 1.54) is 0 Å². The summed E-state index contributed by atoms with van der Waals surface area (Å²) in [7, 11) is 0. The summed E-state index contributed by atoms with van der Waals surface area (Å²) in [5.74, 6) is -0.561. The Labute approximate surface area is 112 Å². The number of alkyl halides is 6. The molecule has 0 heterocycles. The molecular formula is C12H14F6O2. The molecule has 20 heavy (non-hydrogen) atoms. The van der Waals surface area contributed by atoms with Crippen LogP contribution in [0.3, 0.4) is 0 Å². The number of hydrogen-bond donors (Lipinski definition) is 1. The van der Waals surface area contributed by atoms with Crippen LogP contribution in [0.4, 0.5) is 26.3 Å². The summed E-state index contributed by atoms with van der Waals surface area (Å²) in [6, 6.07) is 2.26. The molecule has 1 N–H and O–H groups in total. The second kappa shape index (κ2) is 6.34. The lowest BCUT2D eigenvalue weighted by Gasteiger charge is -2.19. The molecule has 0 saturated carbocycles. The van der Waals surface area contributed by atoms with Crippen LogP contribution in [0.2, 0.25) is 0 Å². The average Bonchev–Trinajstić information content (AvgIpc) is 2.26. The van der Waals surface area contributed by atoms with Crippen LogP contribution in [-0.4, -0.2) is 17.4 Å². The molecule has 0 aliphatic carbocycles. The van der Waals surface area contributed by atoms with Gasteiger partial charge in [0.1, 0.15) is 5.75 Å². The SMILES string of the molecule is C.C[C@@H](Oc1ccc(CO)c(C(F)(F)F)c1)C(F)(F)F. The summed E-state index contributed by atoms with van der Waals surface area (Å²) < 4.78 is 78.9. The minimum Gasteiger partial charge on any atom is -0.481 e. The number of benzene rings is 1. The highest BCUT2D eigenvalue weighted by Gasteiger charge is 2.39. The molecule has 1 rings (SSSR count). The molecule has 1 aromatic carbocycles. The molecule has 0 aliphatic rings. The van der Waals surface area contributed by atoms with E-state index in [0.29, 0.717) is 13.0 Å². The highest BCUT2D eigenvalue weighted by Crippen LogP contribution is 2.35. The summed E-state index contributed by atoms with van der Waals surface area (Å²) >= 11 is 0. The molecule has 8 heteroatoms. The van der Waals surface area contributed by atoms with Crippen LogP contribution in [0, 0.1) is 0 Å². The lowest BCUT2D eigenvalue weighted by molar-refractivity contribution is -0.189. The van der Waals surface area contributed by atoms with Crippen molar-refractivity contribution in [3.05, 3.63) is 29.3 Å². The normalized spacial score (nSPS) is 13.6. The Balaban J connectivity index is 0.00000361. The van der Waals surface area contributed by atoms with E-state index in [4.69, 9.17) is 5.11 Å². The number of halogens is 6. The lowest BCUT2D eigenvalue weighted by atomic mass is 10.1. The van der Waals surface area contributed by atoms with E-state index in [1.807, 2.05) is 0 Å². The molecule has 0 unspecified atom stereocenters. The van der Waals surface area contributed by atoms with Gasteiger partial charge in [-0.3, -0.25) is 0 Å². The van der Waals surface area contributed by atoms with E-state index >= 15 is 0 Å². The average molecular weight is 304 g/mol. The van der Waals surface area contributed by atoms with E-state index < -0.39 is 41.9 Å². The Bertz CT molecular complexity index is 439. The Kier molecular flexibility index (Phi) is 5.88. The zero-order valence-corrected chi connectivity index (χ0v) is 9.64. The minimum atomic E-state index is -4.78. The second-order valence-electron chi connectivity index (χ2n) is 3.78. The van der Waals surface area contributed by atoms with E-state index in [2.05, 4.69) is 4.74 Å². The van der Waals surface area contributed by atoms with Gasteiger partial charge in [-0.1, -0.05) is 13.5 Å². The van der Waals surface area contributed by atoms with Crippen molar-refractivity contribution < 1.29 is 36.2 Å². The molecular weight excluding hydrogens is 290 g/mol. The maximum Gasteiger partial charge on any atom is 0.425 e. The Morgan fingerprint density at radius 2 is 1.70 bits per heavy atom. The third kappa shape index (κ3) is 4.59. The van der Waals surface area contributed by atoms with Crippen LogP contribution in [-0.2, 0) is 12.8 Å². The number of aliphatic hydroxyl groups is 1. The quantitative estimate of drug-likeness (QED) is 0.850. The van der Waals surface area contributed by atoms with Crippen LogP contribution in [0.5, 0.6) is 5.75 Å². The fourth-order valence-corrected chi connectivity index (χ4v) is 1.30. The topological polar surface area (TPSA) is 29.5 Å². The zero-order valence-electron chi connectivity index (χ0n) is 9.64. The van der Waals surface area contributed by atoms with Gasteiger partial charge in [0.15, 0.2) is 6.10 Å². The molecule has 0 amide bonds. The molecule has 0 radical (unpaired) electrons. The van der Waals surface area contributed by atoms with Gasteiger partial charge in [0.2, 0.25) is 0 Å². The number of aliphatic hydroxyl groups excluding tert-OH is 1. The molecule has 0 aromatic heterocycles. The summed E-state index contributed by atoms with van der Waals surface area (Å²) in [5, 5.41) is 8.76. The predicted molar refractivity (Wildman–Crippen MR) is 60.2 cm³/mol. The summed E-state index contributed by atoms with van der Waals surface area (Å²) in [4.78, 5) is 0. The molecule has 0 saturated heterocycles. The molecule has 0 bridgehead atoms. The summed E-state index contributed by atoms with van der Waals surface area (Å²) in [6.45, 7) is -0.183. The van der Waals surface area contributed by atoms with E-state index in [9.17, 15) is 26.3 Å². The number of ether oxygens (including phenoxy) is 1. The maximum atomic E-state index is 12.6. The van der Waals surface area contributed by atoms with E-state index in [1.54, 1.807) is 0 Å². The van der Waals surface area contributed by atoms with Gasteiger partial charge in [0, 0.05) is 0 Å². The van der Waals surface area contributed by atoms with Crippen LogP contribution in [0.25, 0.3) is 0 Å². The standard InChI is InChI=1S/C11H10F6O2.CH4/c1-6(10(12,13)14)19-8-3-2-7(5-18)9(4-8)11(15,16)17;/h2-4,6,18H,5H2,1H3;1H4/t6-;/m1./s1. The van der Waals surface area contributed by atoms with Crippen molar-refractivity contribution in [1.82, 2.24) is 0 Å². The zero-order chi connectivity index (χ0) is 14.8. The van der Waals surface area contributed by atoms with Crippen molar-refractivity contribution in [3.8, 4) is 5.75 Å². The molecule has 2 nitrogen and oxygen atoms in total. The highest BCUT2D eigenvalue weighted by atomic mass is 19.4. The van der Waals surface area contributed by atoms with E-state index in [0.717, 1.165) is 12.1 Å². The molecule has 0 fully saturated rings. The van der Waals surface area contributed by atoms with E-state index in [-0.39, 0.29) is 7.43 Å². The summed E-state index contributed by atoms with van der Waals surface area (Å²) in [6.07, 6.45) is -11.7. The Hall–Kier alpha value is -1.44.